The third-order valence-corrected chi connectivity index (χ3v) is 3.96. The number of H-pyrrole nitrogens is 1. The smallest absolute Gasteiger partial charge is 0.261 e. The quantitative estimate of drug-likeness (QED) is 0.805. The number of hydrogen-bond acceptors (Lipinski definition) is 2. The molecule has 0 radical (unpaired) electrons. The first kappa shape index (κ1) is 10.2. The molecule has 0 aromatic carbocycles. The molecule has 3 N–H and O–H groups in total. The number of aromatic nitrogens is 2. The van der Waals surface area contributed by atoms with Crippen LogP contribution in [-0.2, 0) is 18.3 Å². The molecule has 5 heteroatoms. The maximum Gasteiger partial charge on any atom is 0.261 e. The van der Waals surface area contributed by atoms with Crippen LogP contribution >= 0.6 is 0 Å². The van der Waals surface area contributed by atoms with Gasteiger partial charge in [-0.1, -0.05) is 0 Å². The molecule has 3 rings (SSSR count). The molecule has 2 aliphatic carbocycles. The van der Waals surface area contributed by atoms with E-state index in [4.69, 9.17) is 5.73 Å². The van der Waals surface area contributed by atoms with E-state index in [1.165, 1.54) is 0 Å². The number of aromatic amines is 1. The third kappa shape index (κ3) is 1.12. The standard InChI is InChI=1S/C11H15F2N3/c12-11(13)5-10(11,6-14)9-7-3-1-2-4-8(7)15-16-9/h1-6,14H2,(H,15,16). The highest BCUT2D eigenvalue weighted by Crippen LogP contribution is 2.61. The number of alkyl halides is 2. The summed E-state index contributed by atoms with van der Waals surface area (Å²) in [6, 6.07) is 0. The lowest BCUT2D eigenvalue weighted by Crippen LogP contribution is -2.28. The summed E-state index contributed by atoms with van der Waals surface area (Å²) in [6.45, 7) is -0.0166. The molecule has 88 valence electrons. The number of aryl methyl sites for hydroxylation is 1. The van der Waals surface area contributed by atoms with Gasteiger partial charge in [0.05, 0.1) is 11.1 Å². The van der Waals surface area contributed by atoms with Gasteiger partial charge < -0.3 is 5.73 Å². The average Bonchev–Trinajstić information content (AvgIpc) is 2.67. The lowest BCUT2D eigenvalue weighted by molar-refractivity contribution is 0.0883. The molecule has 1 fully saturated rings. The summed E-state index contributed by atoms with van der Waals surface area (Å²) < 4.78 is 26.9. The Balaban J connectivity index is 2.04. The fraction of sp³-hybridized carbons (Fsp3) is 0.727. The predicted molar refractivity (Wildman–Crippen MR) is 55.5 cm³/mol. The second-order valence-corrected chi connectivity index (χ2v) is 4.90. The molecule has 1 heterocycles. The average molecular weight is 227 g/mol. The number of nitrogens with two attached hydrogens (primary N) is 1. The van der Waals surface area contributed by atoms with Crippen LogP contribution in [0.15, 0.2) is 0 Å². The van der Waals surface area contributed by atoms with E-state index in [1.54, 1.807) is 0 Å². The van der Waals surface area contributed by atoms with Crippen LogP contribution in [0.4, 0.5) is 8.78 Å². The van der Waals surface area contributed by atoms with Crippen LogP contribution < -0.4 is 5.73 Å². The molecule has 3 nitrogen and oxygen atoms in total. The van der Waals surface area contributed by atoms with Crippen molar-refractivity contribution in [3.8, 4) is 0 Å². The first-order valence-corrected chi connectivity index (χ1v) is 5.75. The van der Waals surface area contributed by atoms with Crippen molar-refractivity contribution in [1.29, 1.82) is 0 Å². The van der Waals surface area contributed by atoms with E-state index >= 15 is 0 Å². The van der Waals surface area contributed by atoms with E-state index in [2.05, 4.69) is 10.2 Å². The van der Waals surface area contributed by atoms with Gasteiger partial charge in [0.1, 0.15) is 0 Å². The minimum Gasteiger partial charge on any atom is -0.329 e. The highest BCUT2D eigenvalue weighted by molar-refractivity contribution is 5.42. The maximum atomic E-state index is 13.5. The monoisotopic (exact) mass is 227 g/mol. The van der Waals surface area contributed by atoms with Crippen LogP contribution in [0.2, 0.25) is 0 Å². The lowest BCUT2D eigenvalue weighted by atomic mass is 9.89. The first-order valence-electron chi connectivity index (χ1n) is 5.75. The number of rotatable bonds is 2. The topological polar surface area (TPSA) is 54.7 Å². The van der Waals surface area contributed by atoms with Crippen LogP contribution in [0.1, 0.15) is 36.2 Å². The van der Waals surface area contributed by atoms with E-state index in [-0.39, 0.29) is 13.0 Å². The number of hydrogen-bond donors (Lipinski definition) is 2. The van der Waals surface area contributed by atoms with E-state index in [0.29, 0.717) is 5.69 Å². The molecule has 0 saturated heterocycles. The van der Waals surface area contributed by atoms with Crippen LogP contribution in [0.25, 0.3) is 0 Å². The summed E-state index contributed by atoms with van der Waals surface area (Å²) >= 11 is 0. The minimum atomic E-state index is -2.66. The van der Waals surface area contributed by atoms with Crippen LogP contribution in [0.3, 0.4) is 0 Å². The molecule has 0 aliphatic heterocycles. The van der Waals surface area contributed by atoms with Gasteiger partial charge in [-0.25, -0.2) is 8.78 Å². The van der Waals surface area contributed by atoms with Crippen molar-refractivity contribution in [1.82, 2.24) is 10.2 Å². The minimum absolute atomic E-state index is 0.0166. The third-order valence-electron chi connectivity index (χ3n) is 3.96. The van der Waals surface area contributed by atoms with Gasteiger partial charge in [-0.3, -0.25) is 5.10 Å². The zero-order chi connectivity index (χ0) is 11.4. The van der Waals surface area contributed by atoms with Gasteiger partial charge in [0.15, 0.2) is 0 Å². The maximum absolute atomic E-state index is 13.5. The van der Waals surface area contributed by atoms with Crippen molar-refractivity contribution >= 4 is 0 Å². The van der Waals surface area contributed by atoms with Gasteiger partial charge in [-0.2, -0.15) is 5.10 Å². The second-order valence-electron chi connectivity index (χ2n) is 4.90. The van der Waals surface area contributed by atoms with Crippen molar-refractivity contribution in [2.45, 2.75) is 43.4 Å². The molecular formula is C11H15F2N3. The molecule has 1 saturated carbocycles. The molecule has 1 aromatic heterocycles. The largest absolute Gasteiger partial charge is 0.329 e. The van der Waals surface area contributed by atoms with Gasteiger partial charge >= 0.3 is 0 Å². The Morgan fingerprint density at radius 1 is 1.31 bits per heavy atom. The molecule has 1 unspecified atom stereocenters. The second kappa shape index (κ2) is 3.03. The molecule has 0 amide bonds. The van der Waals surface area contributed by atoms with E-state index in [9.17, 15) is 8.78 Å². The molecule has 2 aliphatic rings. The fourth-order valence-corrected chi connectivity index (χ4v) is 2.79. The lowest BCUT2D eigenvalue weighted by Gasteiger charge is -2.16. The van der Waals surface area contributed by atoms with E-state index < -0.39 is 11.3 Å². The number of nitrogens with one attached hydrogen (secondary N) is 1. The molecule has 0 bridgehead atoms. The van der Waals surface area contributed by atoms with Crippen molar-refractivity contribution < 1.29 is 8.78 Å². The first-order chi connectivity index (χ1) is 7.61. The Morgan fingerprint density at radius 2 is 2.00 bits per heavy atom. The number of nitrogens with zero attached hydrogens (tertiary/aromatic N) is 1. The highest BCUT2D eigenvalue weighted by atomic mass is 19.3. The number of fused-ring (bicyclic) bond motifs is 1. The molecule has 1 atom stereocenters. The molecular weight excluding hydrogens is 212 g/mol. The van der Waals surface area contributed by atoms with Gasteiger partial charge in [0.2, 0.25) is 0 Å². The summed E-state index contributed by atoms with van der Waals surface area (Å²) in [5.41, 5.74) is 6.95. The van der Waals surface area contributed by atoms with E-state index in [0.717, 1.165) is 36.9 Å². The Bertz CT molecular complexity index is 427. The van der Waals surface area contributed by atoms with Gasteiger partial charge in [-0.05, 0) is 31.2 Å². The van der Waals surface area contributed by atoms with Crippen LogP contribution in [0, 0.1) is 0 Å². The van der Waals surface area contributed by atoms with Gasteiger partial charge in [0, 0.05) is 18.7 Å². The van der Waals surface area contributed by atoms with Crippen LogP contribution in [-0.4, -0.2) is 22.7 Å². The van der Waals surface area contributed by atoms with Crippen molar-refractivity contribution in [3.63, 3.8) is 0 Å². The Labute approximate surface area is 92.4 Å². The Hall–Kier alpha value is -0.970. The van der Waals surface area contributed by atoms with Crippen molar-refractivity contribution in [3.05, 3.63) is 17.0 Å². The SMILES string of the molecule is NCC1(c2n[nH]c3c2CCCC3)CC1(F)F. The summed E-state index contributed by atoms with van der Waals surface area (Å²) in [4.78, 5) is 0. The molecule has 16 heavy (non-hydrogen) atoms. The van der Waals surface area contributed by atoms with Crippen molar-refractivity contribution in [2.75, 3.05) is 6.54 Å². The molecule has 0 spiro atoms. The summed E-state index contributed by atoms with van der Waals surface area (Å²) in [5.74, 6) is -2.66. The zero-order valence-corrected chi connectivity index (χ0v) is 9.02. The van der Waals surface area contributed by atoms with Crippen LogP contribution in [0.5, 0.6) is 0 Å². The van der Waals surface area contributed by atoms with Gasteiger partial charge in [0.25, 0.3) is 5.92 Å². The highest BCUT2D eigenvalue weighted by Gasteiger charge is 2.73. The Morgan fingerprint density at radius 3 is 2.62 bits per heavy atom. The summed E-state index contributed by atoms with van der Waals surface area (Å²) in [7, 11) is 0. The van der Waals surface area contributed by atoms with Gasteiger partial charge in [-0.15, -0.1) is 0 Å². The zero-order valence-electron chi connectivity index (χ0n) is 9.02. The predicted octanol–water partition coefficient (Wildman–Crippen LogP) is 1.52. The summed E-state index contributed by atoms with van der Waals surface area (Å²) in [6.07, 6.45) is 3.81. The fourth-order valence-electron chi connectivity index (χ4n) is 2.79. The summed E-state index contributed by atoms with van der Waals surface area (Å²) in [5, 5.41) is 7.02. The molecule has 1 aromatic rings. The normalized spacial score (nSPS) is 31.2. The number of halogens is 2. The Kier molecular flexibility index (Phi) is 1.93. The van der Waals surface area contributed by atoms with Crippen molar-refractivity contribution in [2.24, 2.45) is 5.73 Å². The van der Waals surface area contributed by atoms with E-state index in [1.807, 2.05) is 0 Å².